The van der Waals surface area contributed by atoms with Crippen molar-refractivity contribution in [3.05, 3.63) is 29.8 Å². The summed E-state index contributed by atoms with van der Waals surface area (Å²) in [5, 5.41) is 2.68. The van der Waals surface area contributed by atoms with E-state index >= 15 is 0 Å². The molecule has 20 heavy (non-hydrogen) atoms. The van der Waals surface area contributed by atoms with Crippen molar-refractivity contribution in [2.75, 3.05) is 6.61 Å². The summed E-state index contributed by atoms with van der Waals surface area (Å²) in [6, 6.07) is 7.67. The molecule has 1 rings (SSSR count). The van der Waals surface area contributed by atoms with Crippen LogP contribution < -0.4 is 10.1 Å². The summed E-state index contributed by atoms with van der Waals surface area (Å²) < 4.78 is 10.8. The van der Waals surface area contributed by atoms with Crippen LogP contribution in [-0.2, 0) is 11.3 Å². The zero-order valence-corrected chi connectivity index (χ0v) is 13.0. The lowest BCUT2D eigenvalue weighted by atomic mass is 9.99. The zero-order chi connectivity index (χ0) is 15.2. The second-order valence-corrected chi connectivity index (χ2v) is 6.37. The Morgan fingerprint density at radius 1 is 1.20 bits per heavy atom. The quantitative estimate of drug-likeness (QED) is 0.893. The topological polar surface area (TPSA) is 47.6 Å². The van der Waals surface area contributed by atoms with Crippen molar-refractivity contribution < 1.29 is 14.3 Å². The Kier molecular flexibility index (Phi) is 5.86. The van der Waals surface area contributed by atoms with Gasteiger partial charge in [-0.3, -0.25) is 0 Å². The van der Waals surface area contributed by atoms with Gasteiger partial charge in [-0.25, -0.2) is 4.79 Å². The van der Waals surface area contributed by atoms with Crippen molar-refractivity contribution in [3.8, 4) is 5.75 Å². The summed E-state index contributed by atoms with van der Waals surface area (Å²) in [4.78, 5) is 11.3. The number of nitrogens with one attached hydrogen (secondary N) is 1. The largest absolute Gasteiger partial charge is 0.493 e. The number of amides is 1. The van der Waals surface area contributed by atoms with Gasteiger partial charge in [-0.1, -0.05) is 32.9 Å². The third-order valence-electron chi connectivity index (χ3n) is 2.37. The first-order valence-corrected chi connectivity index (χ1v) is 6.91. The zero-order valence-electron chi connectivity index (χ0n) is 13.0. The Hall–Kier alpha value is -1.71. The van der Waals surface area contributed by atoms with Crippen LogP contribution in [0.25, 0.3) is 0 Å². The number of carbonyl (C=O) groups is 1. The van der Waals surface area contributed by atoms with Crippen LogP contribution in [0.3, 0.4) is 0 Å². The van der Waals surface area contributed by atoms with Crippen molar-refractivity contribution in [2.45, 2.75) is 47.3 Å². The number of carbonyl (C=O) groups excluding carboxylic acids is 1. The molecular weight excluding hydrogens is 254 g/mol. The molecule has 1 amide bonds. The van der Waals surface area contributed by atoms with Crippen LogP contribution in [0, 0.1) is 5.41 Å². The lowest BCUT2D eigenvalue weighted by molar-refractivity contribution is 0.137. The predicted octanol–water partition coefficient (Wildman–Crippen LogP) is 3.75. The fraction of sp³-hybridized carbons (Fsp3) is 0.562. The van der Waals surface area contributed by atoms with Gasteiger partial charge in [0, 0.05) is 6.04 Å². The Labute approximate surface area is 121 Å². The summed E-state index contributed by atoms with van der Waals surface area (Å²) in [6.07, 6.45) is -0.395. The lowest BCUT2D eigenvalue weighted by Crippen LogP contribution is -2.30. The summed E-state index contributed by atoms with van der Waals surface area (Å²) in [7, 11) is 0. The van der Waals surface area contributed by atoms with Crippen LogP contribution in [0.5, 0.6) is 5.75 Å². The second-order valence-electron chi connectivity index (χ2n) is 6.37. The summed E-state index contributed by atoms with van der Waals surface area (Å²) >= 11 is 0. The number of hydrogen-bond donors (Lipinski definition) is 1. The monoisotopic (exact) mass is 279 g/mol. The molecule has 0 fully saturated rings. The number of rotatable bonds is 5. The molecule has 1 aromatic carbocycles. The Bertz CT molecular complexity index is 418. The number of benzene rings is 1. The van der Waals surface area contributed by atoms with E-state index in [4.69, 9.17) is 9.47 Å². The maximum Gasteiger partial charge on any atom is 0.407 e. The van der Waals surface area contributed by atoms with Crippen molar-refractivity contribution in [1.29, 1.82) is 0 Å². The molecule has 0 spiro atoms. The molecular formula is C16H25NO3. The molecule has 0 unspecified atom stereocenters. The van der Waals surface area contributed by atoms with Crippen molar-refractivity contribution in [2.24, 2.45) is 5.41 Å². The molecule has 0 atom stereocenters. The molecule has 0 radical (unpaired) electrons. The molecule has 0 aromatic heterocycles. The molecule has 0 heterocycles. The minimum absolute atomic E-state index is 0.0793. The highest BCUT2D eigenvalue weighted by Gasteiger charge is 2.11. The first-order valence-electron chi connectivity index (χ1n) is 6.91. The van der Waals surface area contributed by atoms with Crippen molar-refractivity contribution >= 4 is 6.09 Å². The van der Waals surface area contributed by atoms with Gasteiger partial charge in [0.05, 0.1) is 6.61 Å². The molecule has 4 heteroatoms. The average molecular weight is 279 g/mol. The van der Waals surface area contributed by atoms with Gasteiger partial charge in [0.25, 0.3) is 0 Å². The smallest absolute Gasteiger partial charge is 0.407 e. The van der Waals surface area contributed by atoms with Gasteiger partial charge in [-0.05, 0) is 37.0 Å². The van der Waals surface area contributed by atoms with E-state index in [1.54, 1.807) is 0 Å². The second kappa shape index (κ2) is 7.17. The van der Waals surface area contributed by atoms with Crippen LogP contribution in [0.15, 0.2) is 24.3 Å². The number of ether oxygens (including phenoxy) is 2. The molecule has 4 nitrogen and oxygen atoms in total. The van der Waals surface area contributed by atoms with Crippen LogP contribution in [-0.4, -0.2) is 18.7 Å². The van der Waals surface area contributed by atoms with E-state index < -0.39 is 6.09 Å². The van der Waals surface area contributed by atoms with E-state index in [9.17, 15) is 4.79 Å². The third-order valence-corrected chi connectivity index (χ3v) is 2.37. The number of alkyl carbamates (subject to hydrolysis) is 1. The molecule has 1 aromatic rings. The normalized spacial score (nSPS) is 11.3. The fourth-order valence-corrected chi connectivity index (χ4v) is 1.41. The lowest BCUT2D eigenvalue weighted by Gasteiger charge is -2.18. The summed E-state index contributed by atoms with van der Waals surface area (Å²) in [6.45, 7) is 11.1. The highest BCUT2D eigenvalue weighted by Crippen LogP contribution is 2.18. The highest BCUT2D eigenvalue weighted by molar-refractivity contribution is 5.67. The van der Waals surface area contributed by atoms with E-state index in [1.807, 2.05) is 38.1 Å². The molecule has 112 valence electrons. The molecule has 0 saturated heterocycles. The summed E-state index contributed by atoms with van der Waals surface area (Å²) in [5.74, 6) is 0.829. The molecule has 0 aliphatic heterocycles. The van der Waals surface area contributed by atoms with Gasteiger partial charge < -0.3 is 14.8 Å². The SMILES string of the molecule is CC(C)NC(=O)OCc1ccc(OCC(C)(C)C)cc1. The fourth-order valence-electron chi connectivity index (χ4n) is 1.41. The number of hydrogen-bond acceptors (Lipinski definition) is 3. The standard InChI is InChI=1S/C16H25NO3/c1-12(2)17-15(18)19-10-13-6-8-14(9-7-13)20-11-16(3,4)5/h6-9,12H,10-11H2,1-5H3,(H,17,18). The first-order chi connectivity index (χ1) is 9.26. The van der Waals surface area contributed by atoms with Crippen molar-refractivity contribution in [3.63, 3.8) is 0 Å². The highest BCUT2D eigenvalue weighted by atomic mass is 16.5. The van der Waals surface area contributed by atoms with Gasteiger partial charge in [-0.2, -0.15) is 0 Å². The van der Waals surface area contributed by atoms with Crippen LogP contribution in [0.1, 0.15) is 40.2 Å². The minimum Gasteiger partial charge on any atom is -0.493 e. The Morgan fingerprint density at radius 3 is 2.30 bits per heavy atom. The van der Waals surface area contributed by atoms with Gasteiger partial charge in [0.15, 0.2) is 0 Å². The van der Waals surface area contributed by atoms with Gasteiger partial charge >= 0.3 is 6.09 Å². The summed E-state index contributed by atoms with van der Waals surface area (Å²) in [5.41, 5.74) is 1.07. The van der Waals surface area contributed by atoms with Crippen LogP contribution in [0.4, 0.5) is 4.79 Å². The predicted molar refractivity (Wildman–Crippen MR) is 79.8 cm³/mol. The molecule has 0 bridgehead atoms. The molecule has 0 saturated carbocycles. The Balaban J connectivity index is 2.41. The maximum absolute atomic E-state index is 11.3. The van der Waals surface area contributed by atoms with E-state index in [0.29, 0.717) is 6.61 Å². The molecule has 0 aliphatic carbocycles. The van der Waals surface area contributed by atoms with Crippen molar-refractivity contribution in [1.82, 2.24) is 5.32 Å². The van der Waals surface area contributed by atoms with Gasteiger partial charge in [0.2, 0.25) is 0 Å². The average Bonchev–Trinajstić information content (AvgIpc) is 2.33. The van der Waals surface area contributed by atoms with E-state index in [0.717, 1.165) is 11.3 Å². The molecule has 0 aliphatic rings. The van der Waals surface area contributed by atoms with Crippen LogP contribution in [0.2, 0.25) is 0 Å². The first kappa shape index (κ1) is 16.3. The minimum atomic E-state index is -0.395. The van der Waals surface area contributed by atoms with E-state index in [1.165, 1.54) is 0 Å². The van der Waals surface area contributed by atoms with E-state index in [-0.39, 0.29) is 18.1 Å². The third kappa shape index (κ3) is 7.02. The van der Waals surface area contributed by atoms with E-state index in [2.05, 4.69) is 26.1 Å². The maximum atomic E-state index is 11.3. The van der Waals surface area contributed by atoms with Gasteiger partial charge in [0.1, 0.15) is 12.4 Å². The molecule has 1 N–H and O–H groups in total. The Morgan fingerprint density at radius 2 is 1.80 bits per heavy atom. The van der Waals surface area contributed by atoms with Crippen LogP contribution >= 0.6 is 0 Å². The van der Waals surface area contributed by atoms with Gasteiger partial charge in [-0.15, -0.1) is 0 Å².